The van der Waals surface area contributed by atoms with Gasteiger partial charge in [-0.15, -0.1) is 0 Å². The summed E-state index contributed by atoms with van der Waals surface area (Å²) in [4.78, 5) is 2.47. The third-order valence-electron chi connectivity index (χ3n) is 6.58. The smallest absolute Gasteiger partial charge is 0.0723 e. The van der Waals surface area contributed by atoms with Crippen LogP contribution in [0.2, 0.25) is 0 Å². The van der Waals surface area contributed by atoms with Crippen molar-refractivity contribution in [3.8, 4) is 0 Å². The van der Waals surface area contributed by atoms with Gasteiger partial charge in [0.05, 0.1) is 19.3 Å². The molecule has 1 saturated heterocycles. The van der Waals surface area contributed by atoms with Crippen LogP contribution in [-0.4, -0.2) is 48.0 Å². The number of nitrogens with zero attached hydrogens (tertiary/aromatic N) is 1. The maximum absolute atomic E-state index is 10.9. The Morgan fingerprint density at radius 3 is 2.55 bits per heavy atom. The van der Waals surface area contributed by atoms with Crippen LogP contribution >= 0.6 is 0 Å². The average molecular weight is 281 g/mol. The summed E-state index contributed by atoms with van der Waals surface area (Å²) in [5.41, 5.74) is -0.0639. The molecule has 3 fully saturated rings. The molecule has 0 radical (unpaired) electrons. The molecular formula is C17H31NO2. The van der Waals surface area contributed by atoms with Crippen molar-refractivity contribution in [3.63, 3.8) is 0 Å². The van der Waals surface area contributed by atoms with E-state index in [0.717, 1.165) is 56.9 Å². The Balaban J connectivity index is 1.62. The number of ether oxygens (including phenoxy) is 1. The fraction of sp³-hybridized carbons (Fsp3) is 1.00. The molecule has 3 nitrogen and oxygen atoms in total. The first kappa shape index (κ1) is 14.8. The molecule has 116 valence electrons. The Labute approximate surface area is 123 Å². The molecule has 0 spiro atoms. The van der Waals surface area contributed by atoms with Crippen molar-refractivity contribution in [3.05, 3.63) is 0 Å². The lowest BCUT2D eigenvalue weighted by Crippen LogP contribution is -2.58. The Kier molecular flexibility index (Phi) is 4.40. The van der Waals surface area contributed by atoms with E-state index in [1.807, 2.05) is 0 Å². The first-order chi connectivity index (χ1) is 9.63. The Bertz CT molecular complexity index is 329. The fourth-order valence-corrected chi connectivity index (χ4v) is 4.95. The van der Waals surface area contributed by atoms with E-state index in [2.05, 4.69) is 18.7 Å². The van der Waals surface area contributed by atoms with Gasteiger partial charge in [0, 0.05) is 18.6 Å². The monoisotopic (exact) mass is 281 g/mol. The van der Waals surface area contributed by atoms with Gasteiger partial charge in [0.1, 0.15) is 0 Å². The van der Waals surface area contributed by atoms with E-state index in [4.69, 9.17) is 4.74 Å². The zero-order valence-electron chi connectivity index (χ0n) is 13.2. The van der Waals surface area contributed by atoms with Crippen LogP contribution in [0, 0.1) is 17.8 Å². The lowest BCUT2D eigenvalue weighted by Gasteiger charge is -2.46. The number of fused-ring (bicyclic) bond motifs is 2. The minimum Gasteiger partial charge on any atom is -0.391 e. The van der Waals surface area contributed by atoms with Gasteiger partial charge in [-0.3, -0.25) is 4.90 Å². The molecule has 3 aliphatic rings. The third kappa shape index (κ3) is 2.65. The van der Waals surface area contributed by atoms with Crippen molar-refractivity contribution < 1.29 is 9.84 Å². The first-order valence-corrected chi connectivity index (χ1v) is 8.64. The summed E-state index contributed by atoms with van der Waals surface area (Å²) in [6.45, 7) is 8.05. The highest BCUT2D eigenvalue weighted by Gasteiger charge is 2.44. The van der Waals surface area contributed by atoms with Gasteiger partial charge in [0.25, 0.3) is 0 Å². The second-order valence-corrected chi connectivity index (χ2v) is 7.50. The highest BCUT2D eigenvalue weighted by atomic mass is 16.5. The third-order valence-corrected chi connectivity index (χ3v) is 6.58. The normalized spacial score (nSPS) is 38.9. The number of aliphatic hydroxyl groups is 1. The predicted molar refractivity (Wildman–Crippen MR) is 80.6 cm³/mol. The largest absolute Gasteiger partial charge is 0.391 e. The standard InChI is InChI=1S/C17H31NO2/c1-3-17(2,18-6-8-20-9-7-18)16(19)12-15-11-13-4-5-14(15)10-13/h13-16,19H,3-12H2,1-2H3. The number of morpholine rings is 1. The maximum Gasteiger partial charge on any atom is 0.0723 e. The predicted octanol–water partition coefficient (Wildman–Crippen LogP) is 2.67. The summed E-state index contributed by atoms with van der Waals surface area (Å²) in [6.07, 6.45) is 7.55. The summed E-state index contributed by atoms with van der Waals surface area (Å²) < 4.78 is 5.47. The molecule has 3 rings (SSSR count). The van der Waals surface area contributed by atoms with Gasteiger partial charge in [-0.2, -0.15) is 0 Å². The molecule has 2 aliphatic carbocycles. The van der Waals surface area contributed by atoms with Gasteiger partial charge in [0.2, 0.25) is 0 Å². The second-order valence-electron chi connectivity index (χ2n) is 7.50. The Morgan fingerprint density at radius 1 is 1.25 bits per heavy atom. The zero-order chi connectivity index (χ0) is 14.2. The first-order valence-electron chi connectivity index (χ1n) is 8.64. The van der Waals surface area contributed by atoms with Crippen LogP contribution in [0.15, 0.2) is 0 Å². The van der Waals surface area contributed by atoms with Crippen LogP contribution < -0.4 is 0 Å². The number of hydrogen-bond acceptors (Lipinski definition) is 3. The minimum absolute atomic E-state index is 0.0639. The van der Waals surface area contributed by atoms with Gasteiger partial charge in [-0.05, 0) is 56.8 Å². The average Bonchev–Trinajstić information content (AvgIpc) is 3.09. The number of hydrogen-bond donors (Lipinski definition) is 1. The quantitative estimate of drug-likeness (QED) is 0.841. The van der Waals surface area contributed by atoms with Gasteiger partial charge in [-0.25, -0.2) is 0 Å². The van der Waals surface area contributed by atoms with Crippen LogP contribution in [0.25, 0.3) is 0 Å². The summed E-state index contributed by atoms with van der Waals surface area (Å²) in [7, 11) is 0. The molecule has 20 heavy (non-hydrogen) atoms. The van der Waals surface area contributed by atoms with Crippen molar-refractivity contribution in [2.24, 2.45) is 17.8 Å². The summed E-state index contributed by atoms with van der Waals surface area (Å²) in [5, 5.41) is 10.9. The van der Waals surface area contributed by atoms with Crippen molar-refractivity contribution in [2.75, 3.05) is 26.3 Å². The van der Waals surface area contributed by atoms with Gasteiger partial charge >= 0.3 is 0 Å². The van der Waals surface area contributed by atoms with E-state index in [1.54, 1.807) is 0 Å². The highest BCUT2D eigenvalue weighted by molar-refractivity contribution is 4.97. The second kappa shape index (κ2) is 5.94. The van der Waals surface area contributed by atoms with Crippen molar-refractivity contribution in [1.82, 2.24) is 4.90 Å². The number of rotatable bonds is 5. The maximum atomic E-state index is 10.9. The molecule has 5 atom stereocenters. The van der Waals surface area contributed by atoms with Crippen molar-refractivity contribution >= 4 is 0 Å². The molecule has 0 amide bonds. The lowest BCUT2D eigenvalue weighted by atomic mass is 9.78. The van der Waals surface area contributed by atoms with Gasteiger partial charge in [-0.1, -0.05) is 13.3 Å². The van der Waals surface area contributed by atoms with E-state index < -0.39 is 0 Å². The molecule has 0 aromatic heterocycles. The molecule has 0 aromatic rings. The van der Waals surface area contributed by atoms with Crippen LogP contribution in [0.1, 0.15) is 52.4 Å². The topological polar surface area (TPSA) is 32.7 Å². The van der Waals surface area contributed by atoms with Crippen LogP contribution in [0.5, 0.6) is 0 Å². The molecule has 1 aliphatic heterocycles. The van der Waals surface area contributed by atoms with Crippen molar-refractivity contribution in [1.29, 1.82) is 0 Å². The lowest BCUT2D eigenvalue weighted by molar-refractivity contribution is -0.0799. The summed E-state index contributed by atoms with van der Waals surface area (Å²) in [6, 6.07) is 0. The Morgan fingerprint density at radius 2 is 2.00 bits per heavy atom. The molecule has 1 heterocycles. The van der Waals surface area contributed by atoms with Gasteiger partial charge < -0.3 is 9.84 Å². The minimum atomic E-state index is -0.185. The summed E-state index contributed by atoms with van der Waals surface area (Å²) >= 11 is 0. The van der Waals surface area contributed by atoms with E-state index >= 15 is 0 Å². The molecular weight excluding hydrogens is 250 g/mol. The van der Waals surface area contributed by atoms with Crippen LogP contribution in [0.4, 0.5) is 0 Å². The van der Waals surface area contributed by atoms with E-state index in [0.29, 0.717) is 0 Å². The van der Waals surface area contributed by atoms with Crippen LogP contribution in [0.3, 0.4) is 0 Å². The van der Waals surface area contributed by atoms with Crippen molar-refractivity contribution in [2.45, 2.75) is 64.0 Å². The van der Waals surface area contributed by atoms with Gasteiger partial charge in [0.15, 0.2) is 0 Å². The number of aliphatic hydroxyl groups excluding tert-OH is 1. The molecule has 5 unspecified atom stereocenters. The van der Waals surface area contributed by atoms with E-state index in [-0.39, 0.29) is 11.6 Å². The zero-order valence-corrected chi connectivity index (χ0v) is 13.2. The molecule has 3 heteroatoms. The molecule has 0 aromatic carbocycles. The van der Waals surface area contributed by atoms with E-state index in [9.17, 15) is 5.11 Å². The fourth-order valence-electron chi connectivity index (χ4n) is 4.95. The SMILES string of the molecule is CCC(C)(C(O)CC1CC2CCC1C2)N1CCOCC1. The van der Waals surface area contributed by atoms with E-state index in [1.165, 1.54) is 25.7 Å². The summed E-state index contributed by atoms with van der Waals surface area (Å²) in [5.74, 6) is 2.68. The molecule has 1 N–H and O–H groups in total. The highest BCUT2D eigenvalue weighted by Crippen LogP contribution is 2.50. The molecule has 2 bridgehead atoms. The Hall–Kier alpha value is -0.120. The molecule has 2 saturated carbocycles. The van der Waals surface area contributed by atoms with Crippen LogP contribution in [-0.2, 0) is 4.74 Å².